The van der Waals surface area contributed by atoms with E-state index in [1.807, 2.05) is 0 Å². The molecule has 0 amide bonds. The van der Waals surface area contributed by atoms with Crippen molar-refractivity contribution in [3.63, 3.8) is 0 Å². The lowest BCUT2D eigenvalue weighted by molar-refractivity contribution is 0.506. The van der Waals surface area contributed by atoms with Crippen molar-refractivity contribution < 1.29 is 8.78 Å². The summed E-state index contributed by atoms with van der Waals surface area (Å²) in [5.41, 5.74) is 7.39. The maximum Gasteiger partial charge on any atom is 0.159 e. The SMILES string of the molecule is NC(Cc1ccc(F)c(F)c1)c1ccnnc1. The van der Waals surface area contributed by atoms with E-state index in [-0.39, 0.29) is 6.04 Å². The third-order valence-electron chi connectivity index (χ3n) is 2.47. The summed E-state index contributed by atoms with van der Waals surface area (Å²) >= 11 is 0. The predicted molar refractivity (Wildman–Crippen MR) is 59.0 cm³/mol. The molecular formula is C12H11F2N3. The molecule has 0 aliphatic heterocycles. The van der Waals surface area contributed by atoms with Crippen LogP contribution >= 0.6 is 0 Å². The minimum Gasteiger partial charge on any atom is -0.324 e. The fraction of sp³-hybridized carbons (Fsp3) is 0.167. The van der Waals surface area contributed by atoms with Crippen LogP contribution in [0.4, 0.5) is 8.78 Å². The summed E-state index contributed by atoms with van der Waals surface area (Å²) in [6, 6.07) is 5.21. The van der Waals surface area contributed by atoms with E-state index in [2.05, 4.69) is 10.2 Å². The topological polar surface area (TPSA) is 51.8 Å². The molecule has 0 bridgehead atoms. The Labute approximate surface area is 97.3 Å². The van der Waals surface area contributed by atoms with Crippen LogP contribution in [-0.4, -0.2) is 10.2 Å². The molecule has 3 nitrogen and oxygen atoms in total. The quantitative estimate of drug-likeness (QED) is 0.885. The first-order valence-corrected chi connectivity index (χ1v) is 5.13. The van der Waals surface area contributed by atoms with Gasteiger partial charge in [0.05, 0.1) is 6.20 Å². The first kappa shape index (κ1) is 11.6. The van der Waals surface area contributed by atoms with Gasteiger partial charge in [-0.25, -0.2) is 8.78 Å². The summed E-state index contributed by atoms with van der Waals surface area (Å²) in [7, 11) is 0. The van der Waals surface area contributed by atoms with Gasteiger partial charge in [0.1, 0.15) is 0 Å². The third-order valence-corrected chi connectivity index (χ3v) is 2.47. The van der Waals surface area contributed by atoms with Gasteiger partial charge in [0.2, 0.25) is 0 Å². The molecule has 1 unspecified atom stereocenters. The number of halogens is 2. The molecule has 5 heteroatoms. The highest BCUT2D eigenvalue weighted by Crippen LogP contribution is 2.16. The molecule has 1 atom stereocenters. The van der Waals surface area contributed by atoms with Crippen LogP contribution in [0.1, 0.15) is 17.2 Å². The second kappa shape index (κ2) is 4.97. The first-order chi connectivity index (χ1) is 8.16. The lowest BCUT2D eigenvalue weighted by Crippen LogP contribution is -2.14. The van der Waals surface area contributed by atoms with Gasteiger partial charge >= 0.3 is 0 Å². The van der Waals surface area contributed by atoms with Crippen LogP contribution in [0.25, 0.3) is 0 Å². The number of hydrogen-bond donors (Lipinski definition) is 1. The lowest BCUT2D eigenvalue weighted by Gasteiger charge is -2.11. The molecule has 2 aromatic rings. The molecule has 0 radical (unpaired) electrons. The van der Waals surface area contributed by atoms with Crippen molar-refractivity contribution in [2.45, 2.75) is 12.5 Å². The molecule has 2 N–H and O–H groups in total. The van der Waals surface area contributed by atoms with Gasteiger partial charge in [0.15, 0.2) is 11.6 Å². The fourth-order valence-electron chi connectivity index (χ4n) is 1.56. The highest BCUT2D eigenvalue weighted by atomic mass is 19.2. The minimum absolute atomic E-state index is 0.310. The Morgan fingerprint density at radius 1 is 1.12 bits per heavy atom. The van der Waals surface area contributed by atoms with Crippen LogP contribution in [0.3, 0.4) is 0 Å². The molecular weight excluding hydrogens is 224 g/mol. The number of benzene rings is 1. The molecule has 0 saturated heterocycles. The Morgan fingerprint density at radius 2 is 1.94 bits per heavy atom. The summed E-state index contributed by atoms with van der Waals surface area (Å²) in [4.78, 5) is 0. The van der Waals surface area contributed by atoms with Crippen LogP contribution < -0.4 is 5.73 Å². The normalized spacial score (nSPS) is 12.4. The Bertz CT molecular complexity index is 502. The van der Waals surface area contributed by atoms with E-state index in [1.165, 1.54) is 6.07 Å². The molecule has 1 heterocycles. The summed E-state index contributed by atoms with van der Waals surface area (Å²) < 4.78 is 25.7. The maximum atomic E-state index is 13.0. The van der Waals surface area contributed by atoms with Crippen LogP contribution in [0.5, 0.6) is 0 Å². The van der Waals surface area contributed by atoms with E-state index in [4.69, 9.17) is 5.73 Å². The average Bonchev–Trinajstić information content (AvgIpc) is 2.35. The molecule has 17 heavy (non-hydrogen) atoms. The molecule has 2 rings (SSSR count). The largest absolute Gasteiger partial charge is 0.324 e. The van der Waals surface area contributed by atoms with Gasteiger partial charge in [-0.1, -0.05) is 6.07 Å². The van der Waals surface area contributed by atoms with Crippen molar-refractivity contribution in [3.05, 3.63) is 59.4 Å². The molecule has 1 aromatic heterocycles. The average molecular weight is 235 g/mol. The van der Waals surface area contributed by atoms with E-state index in [0.717, 1.165) is 17.7 Å². The molecule has 0 fully saturated rings. The number of rotatable bonds is 3. The van der Waals surface area contributed by atoms with Gasteiger partial charge in [-0.2, -0.15) is 10.2 Å². The van der Waals surface area contributed by atoms with Crippen molar-refractivity contribution in [2.75, 3.05) is 0 Å². The van der Waals surface area contributed by atoms with Gasteiger partial charge < -0.3 is 5.73 Å². The fourth-order valence-corrected chi connectivity index (χ4v) is 1.56. The van der Waals surface area contributed by atoms with Crippen molar-refractivity contribution in [1.82, 2.24) is 10.2 Å². The monoisotopic (exact) mass is 235 g/mol. The van der Waals surface area contributed by atoms with Crippen LogP contribution in [-0.2, 0) is 6.42 Å². The van der Waals surface area contributed by atoms with Crippen LogP contribution in [0.15, 0.2) is 36.7 Å². The highest BCUT2D eigenvalue weighted by Gasteiger charge is 2.09. The highest BCUT2D eigenvalue weighted by molar-refractivity contribution is 5.21. The smallest absolute Gasteiger partial charge is 0.159 e. The first-order valence-electron chi connectivity index (χ1n) is 5.13. The zero-order valence-corrected chi connectivity index (χ0v) is 8.98. The second-order valence-electron chi connectivity index (χ2n) is 3.73. The van der Waals surface area contributed by atoms with Crippen molar-refractivity contribution in [2.24, 2.45) is 5.73 Å². The summed E-state index contributed by atoms with van der Waals surface area (Å²) in [5.74, 6) is -1.71. The number of nitrogens with zero attached hydrogens (tertiary/aromatic N) is 2. The second-order valence-corrected chi connectivity index (χ2v) is 3.73. The van der Waals surface area contributed by atoms with E-state index in [1.54, 1.807) is 18.5 Å². The van der Waals surface area contributed by atoms with Crippen LogP contribution in [0.2, 0.25) is 0 Å². The van der Waals surface area contributed by atoms with Gasteiger partial charge in [-0.15, -0.1) is 0 Å². The molecule has 1 aromatic carbocycles. The number of nitrogens with two attached hydrogens (primary N) is 1. The number of aromatic nitrogens is 2. The Balaban J connectivity index is 2.13. The van der Waals surface area contributed by atoms with E-state index < -0.39 is 11.6 Å². The molecule has 0 aliphatic rings. The predicted octanol–water partition coefficient (Wildman–Crippen LogP) is 2.00. The van der Waals surface area contributed by atoms with Crippen molar-refractivity contribution in [3.8, 4) is 0 Å². The lowest BCUT2D eigenvalue weighted by atomic mass is 10.0. The van der Waals surface area contributed by atoms with Gasteiger partial charge in [0.25, 0.3) is 0 Å². The summed E-state index contributed by atoms with van der Waals surface area (Å²) in [5, 5.41) is 7.36. The summed E-state index contributed by atoms with van der Waals surface area (Å²) in [6.45, 7) is 0. The van der Waals surface area contributed by atoms with Crippen molar-refractivity contribution >= 4 is 0 Å². The van der Waals surface area contributed by atoms with Gasteiger partial charge in [0, 0.05) is 12.2 Å². The standard InChI is InChI=1S/C12H11F2N3/c13-10-2-1-8(5-11(10)14)6-12(15)9-3-4-16-17-7-9/h1-5,7,12H,6,15H2. The number of hydrogen-bond acceptors (Lipinski definition) is 3. The Hall–Kier alpha value is -1.88. The Morgan fingerprint density at radius 3 is 2.59 bits per heavy atom. The van der Waals surface area contributed by atoms with Gasteiger partial charge in [-0.3, -0.25) is 0 Å². The zero-order chi connectivity index (χ0) is 12.3. The van der Waals surface area contributed by atoms with E-state index in [0.29, 0.717) is 12.0 Å². The van der Waals surface area contributed by atoms with E-state index in [9.17, 15) is 8.78 Å². The van der Waals surface area contributed by atoms with Crippen molar-refractivity contribution in [1.29, 1.82) is 0 Å². The molecule has 0 saturated carbocycles. The molecule has 0 aliphatic carbocycles. The Kier molecular flexibility index (Phi) is 3.39. The van der Waals surface area contributed by atoms with E-state index >= 15 is 0 Å². The van der Waals surface area contributed by atoms with Crippen LogP contribution in [0, 0.1) is 11.6 Å². The third kappa shape index (κ3) is 2.82. The minimum atomic E-state index is -0.859. The molecule has 88 valence electrons. The maximum absolute atomic E-state index is 13.0. The molecule has 0 spiro atoms. The van der Waals surface area contributed by atoms with Gasteiger partial charge in [-0.05, 0) is 35.7 Å². The summed E-state index contributed by atoms with van der Waals surface area (Å²) in [6.07, 6.45) is 3.52. The zero-order valence-electron chi connectivity index (χ0n) is 8.98.